The number of para-hydroxylation sites is 1. The zero-order valence-electron chi connectivity index (χ0n) is 10.1. The fourth-order valence-electron chi connectivity index (χ4n) is 1.96. The van der Waals surface area contributed by atoms with Gasteiger partial charge in [-0.25, -0.2) is 0 Å². The van der Waals surface area contributed by atoms with Gasteiger partial charge in [0.1, 0.15) is 5.75 Å². The zero-order chi connectivity index (χ0) is 14.3. The summed E-state index contributed by atoms with van der Waals surface area (Å²) in [5.74, 6) is 0.349. The molecule has 1 aliphatic heterocycles. The van der Waals surface area contributed by atoms with Gasteiger partial charge in [-0.15, -0.1) is 0 Å². The zero-order valence-corrected chi connectivity index (χ0v) is 11.6. The third-order valence-electron chi connectivity index (χ3n) is 2.91. The molecular formula is C15H8Cl2O3. The van der Waals surface area contributed by atoms with Crippen LogP contribution >= 0.6 is 23.2 Å². The molecule has 0 atom stereocenters. The molecule has 3 rings (SSSR count). The second-order valence-corrected chi connectivity index (χ2v) is 5.08. The number of aromatic hydroxyl groups is 1. The van der Waals surface area contributed by atoms with E-state index < -0.39 is 0 Å². The largest absolute Gasteiger partial charge is 0.505 e. The molecule has 3 nitrogen and oxygen atoms in total. The van der Waals surface area contributed by atoms with Gasteiger partial charge in [0.15, 0.2) is 11.5 Å². The van der Waals surface area contributed by atoms with Crippen LogP contribution in [0.1, 0.15) is 15.9 Å². The molecule has 0 aromatic heterocycles. The maximum absolute atomic E-state index is 12.1. The molecule has 0 aliphatic carbocycles. The van der Waals surface area contributed by atoms with Crippen LogP contribution in [0.25, 0.3) is 6.08 Å². The number of ether oxygens (including phenoxy) is 1. The van der Waals surface area contributed by atoms with Crippen molar-refractivity contribution in [2.45, 2.75) is 0 Å². The van der Waals surface area contributed by atoms with Crippen LogP contribution < -0.4 is 4.74 Å². The number of phenolic OH excluding ortho intramolecular Hbond substituents is 1. The number of rotatable bonds is 1. The maximum atomic E-state index is 12.1. The molecule has 0 fully saturated rings. The van der Waals surface area contributed by atoms with Crippen LogP contribution in [-0.4, -0.2) is 10.9 Å². The molecule has 20 heavy (non-hydrogen) atoms. The monoisotopic (exact) mass is 306 g/mol. The predicted octanol–water partition coefficient (Wildman–Crippen LogP) is 4.32. The molecule has 5 heteroatoms. The van der Waals surface area contributed by atoms with Gasteiger partial charge in [0.2, 0.25) is 5.78 Å². The lowest BCUT2D eigenvalue weighted by molar-refractivity contribution is 0.101. The Kier molecular flexibility index (Phi) is 3.16. The van der Waals surface area contributed by atoms with Gasteiger partial charge in [-0.05, 0) is 35.9 Å². The number of benzene rings is 2. The van der Waals surface area contributed by atoms with Gasteiger partial charge in [0, 0.05) is 0 Å². The number of halogens is 2. The van der Waals surface area contributed by atoms with Crippen LogP contribution in [-0.2, 0) is 0 Å². The Labute approximate surface area is 125 Å². The van der Waals surface area contributed by atoms with Crippen LogP contribution in [0, 0.1) is 0 Å². The Morgan fingerprint density at radius 3 is 2.40 bits per heavy atom. The first-order valence-corrected chi connectivity index (χ1v) is 6.53. The second kappa shape index (κ2) is 4.85. The van der Waals surface area contributed by atoms with E-state index in [1.54, 1.807) is 30.3 Å². The molecule has 1 aliphatic rings. The van der Waals surface area contributed by atoms with Crippen LogP contribution in [0.3, 0.4) is 0 Å². The summed E-state index contributed by atoms with van der Waals surface area (Å²) in [5, 5.41) is 9.74. The Morgan fingerprint density at radius 1 is 1.10 bits per heavy atom. The van der Waals surface area contributed by atoms with E-state index in [-0.39, 0.29) is 27.3 Å². The number of hydrogen-bond donors (Lipinski definition) is 1. The molecule has 0 bridgehead atoms. The topological polar surface area (TPSA) is 46.5 Å². The summed E-state index contributed by atoms with van der Waals surface area (Å²) >= 11 is 11.7. The molecule has 100 valence electrons. The van der Waals surface area contributed by atoms with Gasteiger partial charge >= 0.3 is 0 Å². The summed E-state index contributed by atoms with van der Waals surface area (Å²) in [6.45, 7) is 0. The highest BCUT2D eigenvalue weighted by molar-refractivity contribution is 6.37. The SMILES string of the molecule is O=C1/C(=C\c2cc(Cl)c(O)c(Cl)c2)Oc2ccccc21. The minimum atomic E-state index is -0.194. The van der Waals surface area contributed by atoms with Gasteiger partial charge in [0.05, 0.1) is 15.6 Å². The lowest BCUT2D eigenvalue weighted by Gasteiger charge is -2.03. The molecule has 2 aromatic rings. The fourth-order valence-corrected chi connectivity index (χ4v) is 2.46. The summed E-state index contributed by atoms with van der Waals surface area (Å²) in [4.78, 5) is 12.1. The van der Waals surface area contributed by atoms with E-state index in [2.05, 4.69) is 0 Å². The highest BCUT2D eigenvalue weighted by atomic mass is 35.5. The summed E-state index contributed by atoms with van der Waals surface area (Å²) < 4.78 is 5.50. The minimum absolute atomic E-state index is 0.118. The first-order valence-electron chi connectivity index (χ1n) is 5.77. The van der Waals surface area contributed by atoms with E-state index in [1.165, 1.54) is 12.1 Å². The Morgan fingerprint density at radius 2 is 1.75 bits per heavy atom. The van der Waals surface area contributed by atoms with E-state index in [0.717, 1.165) is 0 Å². The lowest BCUT2D eigenvalue weighted by Crippen LogP contribution is -1.98. The molecule has 0 spiro atoms. The fraction of sp³-hybridized carbons (Fsp3) is 0. The first kappa shape index (κ1) is 13.0. The van der Waals surface area contributed by atoms with Crippen molar-refractivity contribution in [2.75, 3.05) is 0 Å². The van der Waals surface area contributed by atoms with E-state index in [9.17, 15) is 9.90 Å². The van der Waals surface area contributed by atoms with Gasteiger partial charge in [-0.2, -0.15) is 0 Å². The molecule has 0 saturated heterocycles. The van der Waals surface area contributed by atoms with Crippen molar-refractivity contribution >= 4 is 35.1 Å². The van der Waals surface area contributed by atoms with Crippen LogP contribution in [0.4, 0.5) is 0 Å². The minimum Gasteiger partial charge on any atom is -0.505 e. The molecule has 0 amide bonds. The quantitative estimate of drug-likeness (QED) is 0.798. The van der Waals surface area contributed by atoms with E-state index >= 15 is 0 Å². The van der Waals surface area contributed by atoms with E-state index in [4.69, 9.17) is 27.9 Å². The molecule has 0 unspecified atom stereocenters. The Balaban J connectivity index is 2.02. The Bertz CT molecular complexity index is 728. The van der Waals surface area contributed by atoms with Crippen LogP contribution in [0.15, 0.2) is 42.2 Å². The van der Waals surface area contributed by atoms with Gasteiger partial charge in [-0.3, -0.25) is 4.79 Å². The number of carbonyl (C=O) groups is 1. The van der Waals surface area contributed by atoms with Gasteiger partial charge in [-0.1, -0.05) is 35.3 Å². The standard InChI is InChI=1S/C15H8Cl2O3/c16-10-5-8(6-11(17)15(10)19)7-13-14(18)9-3-1-2-4-12(9)20-13/h1-7,19H/b13-7+. The summed E-state index contributed by atoms with van der Waals surface area (Å²) in [6, 6.07) is 10.0. The number of carbonyl (C=O) groups excluding carboxylic acids is 1. The average Bonchev–Trinajstić information content (AvgIpc) is 2.73. The number of ketones is 1. The predicted molar refractivity (Wildman–Crippen MR) is 77.5 cm³/mol. The third kappa shape index (κ3) is 2.15. The number of phenols is 1. The van der Waals surface area contributed by atoms with Crippen molar-refractivity contribution < 1.29 is 14.6 Å². The van der Waals surface area contributed by atoms with Crippen LogP contribution in [0.2, 0.25) is 10.0 Å². The highest BCUT2D eigenvalue weighted by Crippen LogP contribution is 2.35. The molecular weight excluding hydrogens is 299 g/mol. The number of fused-ring (bicyclic) bond motifs is 1. The molecule has 2 aromatic carbocycles. The highest BCUT2D eigenvalue weighted by Gasteiger charge is 2.26. The average molecular weight is 307 g/mol. The van der Waals surface area contributed by atoms with Crippen molar-refractivity contribution in [3.8, 4) is 11.5 Å². The van der Waals surface area contributed by atoms with Crippen molar-refractivity contribution in [3.63, 3.8) is 0 Å². The first-order chi connectivity index (χ1) is 9.56. The summed E-state index contributed by atoms with van der Waals surface area (Å²) in [6.07, 6.45) is 1.54. The summed E-state index contributed by atoms with van der Waals surface area (Å²) in [5.41, 5.74) is 1.10. The number of hydrogen-bond acceptors (Lipinski definition) is 3. The van der Waals surface area contributed by atoms with Crippen LogP contribution in [0.5, 0.6) is 11.5 Å². The number of allylic oxidation sites excluding steroid dienone is 1. The van der Waals surface area contributed by atoms with Gasteiger partial charge < -0.3 is 9.84 Å². The number of Topliss-reactive ketones (excluding diaryl/α,β-unsaturated/α-hetero) is 1. The molecule has 1 N–H and O–H groups in total. The smallest absolute Gasteiger partial charge is 0.231 e. The Hall–Kier alpha value is -1.97. The van der Waals surface area contributed by atoms with Crippen molar-refractivity contribution in [1.29, 1.82) is 0 Å². The van der Waals surface area contributed by atoms with Gasteiger partial charge in [0.25, 0.3) is 0 Å². The second-order valence-electron chi connectivity index (χ2n) is 4.27. The summed E-state index contributed by atoms with van der Waals surface area (Å²) in [7, 11) is 0. The maximum Gasteiger partial charge on any atom is 0.231 e. The van der Waals surface area contributed by atoms with E-state index in [0.29, 0.717) is 16.9 Å². The molecule has 1 heterocycles. The van der Waals surface area contributed by atoms with E-state index in [1.807, 2.05) is 0 Å². The van der Waals surface area contributed by atoms with Crippen molar-refractivity contribution in [3.05, 3.63) is 63.3 Å². The molecule has 0 saturated carbocycles. The third-order valence-corrected chi connectivity index (χ3v) is 3.49. The van der Waals surface area contributed by atoms with Crippen molar-refractivity contribution in [2.24, 2.45) is 0 Å². The molecule has 0 radical (unpaired) electrons. The van der Waals surface area contributed by atoms with Crippen molar-refractivity contribution in [1.82, 2.24) is 0 Å². The normalized spacial score (nSPS) is 15.3. The lowest BCUT2D eigenvalue weighted by atomic mass is 10.1.